The van der Waals surface area contributed by atoms with Crippen LogP contribution < -0.4 is 10.1 Å². The summed E-state index contributed by atoms with van der Waals surface area (Å²) in [6.45, 7) is 4.73. The SMILES string of the molecule is Cc1cccc(C)c1OCCNC(=O)c1cn(-c2ccccc2Cl)nn1. The minimum absolute atomic E-state index is 0.219. The molecule has 134 valence electrons. The van der Waals surface area contributed by atoms with Crippen LogP contribution in [0.4, 0.5) is 0 Å². The number of nitrogens with one attached hydrogen (secondary N) is 1. The molecule has 7 heteroatoms. The number of nitrogens with zero attached hydrogens (tertiary/aromatic N) is 3. The fourth-order valence-electron chi connectivity index (χ4n) is 2.56. The van der Waals surface area contributed by atoms with Crippen LogP contribution in [0.1, 0.15) is 21.6 Å². The minimum atomic E-state index is -0.312. The van der Waals surface area contributed by atoms with E-state index in [9.17, 15) is 4.79 Å². The third kappa shape index (κ3) is 4.03. The molecule has 1 amide bonds. The average molecular weight is 371 g/mol. The number of carbonyl (C=O) groups is 1. The molecule has 1 heterocycles. The van der Waals surface area contributed by atoms with Crippen LogP contribution >= 0.6 is 11.6 Å². The van der Waals surface area contributed by atoms with Gasteiger partial charge in [-0.05, 0) is 37.1 Å². The largest absolute Gasteiger partial charge is 0.491 e. The highest BCUT2D eigenvalue weighted by Crippen LogP contribution is 2.22. The summed E-state index contributed by atoms with van der Waals surface area (Å²) in [6.07, 6.45) is 1.54. The Kier molecular flexibility index (Phi) is 5.53. The van der Waals surface area contributed by atoms with Crippen molar-refractivity contribution in [2.75, 3.05) is 13.2 Å². The lowest BCUT2D eigenvalue weighted by Gasteiger charge is -2.12. The van der Waals surface area contributed by atoms with Crippen LogP contribution in [0.2, 0.25) is 5.02 Å². The maximum atomic E-state index is 12.2. The Balaban J connectivity index is 1.55. The van der Waals surface area contributed by atoms with Gasteiger partial charge in [-0.1, -0.05) is 47.1 Å². The van der Waals surface area contributed by atoms with Gasteiger partial charge in [-0.3, -0.25) is 4.79 Å². The molecule has 6 nitrogen and oxygen atoms in total. The van der Waals surface area contributed by atoms with E-state index in [1.54, 1.807) is 18.3 Å². The standard InChI is InChI=1S/C19H19ClN4O2/c1-13-6-5-7-14(2)18(13)26-11-10-21-19(25)16-12-24(23-22-16)17-9-4-3-8-15(17)20/h3-9,12H,10-11H2,1-2H3,(H,21,25). The van der Waals surface area contributed by atoms with Crippen LogP contribution in [0.15, 0.2) is 48.7 Å². The fraction of sp³-hybridized carbons (Fsp3) is 0.211. The number of hydrogen-bond acceptors (Lipinski definition) is 4. The van der Waals surface area contributed by atoms with Crippen LogP contribution in [-0.4, -0.2) is 34.1 Å². The molecule has 0 saturated carbocycles. The zero-order valence-corrected chi connectivity index (χ0v) is 15.3. The Morgan fingerprint density at radius 3 is 2.62 bits per heavy atom. The zero-order valence-electron chi connectivity index (χ0n) is 14.6. The van der Waals surface area contributed by atoms with E-state index in [-0.39, 0.29) is 11.6 Å². The van der Waals surface area contributed by atoms with Gasteiger partial charge < -0.3 is 10.1 Å². The van der Waals surface area contributed by atoms with Gasteiger partial charge in [0.1, 0.15) is 12.4 Å². The van der Waals surface area contributed by atoms with E-state index in [1.807, 2.05) is 44.2 Å². The first-order chi connectivity index (χ1) is 12.6. The molecule has 0 bridgehead atoms. The second-order valence-electron chi connectivity index (χ2n) is 5.83. The highest BCUT2D eigenvalue weighted by atomic mass is 35.5. The van der Waals surface area contributed by atoms with Gasteiger partial charge in [0, 0.05) is 0 Å². The van der Waals surface area contributed by atoms with E-state index in [1.165, 1.54) is 4.68 Å². The van der Waals surface area contributed by atoms with Crippen molar-refractivity contribution in [3.05, 3.63) is 70.5 Å². The predicted molar refractivity (Wildman–Crippen MR) is 100 cm³/mol. The molecule has 3 aromatic rings. The molecular formula is C19H19ClN4O2. The molecule has 0 unspecified atom stereocenters. The van der Waals surface area contributed by atoms with E-state index in [4.69, 9.17) is 16.3 Å². The van der Waals surface area contributed by atoms with Crippen LogP contribution in [0, 0.1) is 13.8 Å². The molecule has 1 aromatic heterocycles. The normalized spacial score (nSPS) is 10.6. The molecule has 3 rings (SSSR count). The number of aryl methyl sites for hydroxylation is 2. The summed E-state index contributed by atoms with van der Waals surface area (Å²) in [7, 11) is 0. The van der Waals surface area contributed by atoms with E-state index < -0.39 is 0 Å². The van der Waals surface area contributed by atoms with Crippen LogP contribution in [0.5, 0.6) is 5.75 Å². The lowest BCUT2D eigenvalue weighted by molar-refractivity contribution is 0.0942. The molecule has 0 fully saturated rings. The number of amides is 1. The van der Waals surface area contributed by atoms with E-state index >= 15 is 0 Å². The number of hydrogen-bond donors (Lipinski definition) is 1. The van der Waals surface area contributed by atoms with Crippen molar-refractivity contribution >= 4 is 17.5 Å². The van der Waals surface area contributed by atoms with Crippen LogP contribution in [0.3, 0.4) is 0 Å². The zero-order chi connectivity index (χ0) is 18.5. The van der Waals surface area contributed by atoms with Crippen molar-refractivity contribution < 1.29 is 9.53 Å². The molecule has 2 aromatic carbocycles. The lowest BCUT2D eigenvalue weighted by atomic mass is 10.1. The van der Waals surface area contributed by atoms with E-state index in [0.717, 1.165) is 16.9 Å². The number of ether oxygens (including phenoxy) is 1. The predicted octanol–water partition coefficient (Wildman–Crippen LogP) is 3.35. The molecule has 0 saturated heterocycles. The molecular weight excluding hydrogens is 352 g/mol. The van der Waals surface area contributed by atoms with Gasteiger partial charge >= 0.3 is 0 Å². The number of halogens is 1. The van der Waals surface area contributed by atoms with Crippen molar-refractivity contribution in [1.82, 2.24) is 20.3 Å². The number of aromatic nitrogens is 3. The van der Waals surface area contributed by atoms with Crippen molar-refractivity contribution in [2.24, 2.45) is 0 Å². The molecule has 1 N–H and O–H groups in total. The van der Waals surface area contributed by atoms with Gasteiger partial charge in [-0.25, -0.2) is 4.68 Å². The van der Waals surface area contributed by atoms with E-state index in [0.29, 0.717) is 23.9 Å². The molecule has 0 spiro atoms. The molecule has 0 radical (unpaired) electrons. The number of benzene rings is 2. The Morgan fingerprint density at radius 2 is 1.88 bits per heavy atom. The van der Waals surface area contributed by atoms with E-state index in [2.05, 4.69) is 15.6 Å². The number of carbonyl (C=O) groups excluding carboxylic acids is 1. The maximum Gasteiger partial charge on any atom is 0.273 e. The van der Waals surface area contributed by atoms with Crippen molar-refractivity contribution in [3.8, 4) is 11.4 Å². The van der Waals surface area contributed by atoms with Crippen molar-refractivity contribution in [1.29, 1.82) is 0 Å². The summed E-state index contributed by atoms with van der Waals surface area (Å²) in [6, 6.07) is 13.2. The first kappa shape index (κ1) is 17.9. The quantitative estimate of drug-likeness (QED) is 0.675. The van der Waals surface area contributed by atoms with Gasteiger partial charge in [0.2, 0.25) is 0 Å². The number of rotatable bonds is 6. The second kappa shape index (κ2) is 8.01. The van der Waals surface area contributed by atoms with Crippen molar-refractivity contribution in [3.63, 3.8) is 0 Å². The number of para-hydroxylation sites is 2. The first-order valence-corrected chi connectivity index (χ1v) is 8.58. The maximum absolute atomic E-state index is 12.2. The Bertz CT molecular complexity index is 903. The highest BCUT2D eigenvalue weighted by Gasteiger charge is 2.12. The monoisotopic (exact) mass is 370 g/mol. The van der Waals surface area contributed by atoms with Crippen molar-refractivity contribution in [2.45, 2.75) is 13.8 Å². The Labute approximate surface area is 156 Å². The first-order valence-electron chi connectivity index (χ1n) is 8.20. The highest BCUT2D eigenvalue weighted by molar-refractivity contribution is 6.32. The van der Waals surface area contributed by atoms with Crippen LogP contribution in [0.25, 0.3) is 5.69 Å². The summed E-state index contributed by atoms with van der Waals surface area (Å²) in [4.78, 5) is 12.2. The summed E-state index contributed by atoms with van der Waals surface area (Å²) in [5.41, 5.74) is 3.02. The molecule has 26 heavy (non-hydrogen) atoms. The average Bonchev–Trinajstić information content (AvgIpc) is 3.11. The molecule has 0 atom stereocenters. The smallest absolute Gasteiger partial charge is 0.273 e. The third-order valence-electron chi connectivity index (χ3n) is 3.87. The lowest BCUT2D eigenvalue weighted by Crippen LogP contribution is -2.28. The summed E-state index contributed by atoms with van der Waals surface area (Å²) < 4.78 is 7.25. The Morgan fingerprint density at radius 1 is 1.15 bits per heavy atom. The van der Waals surface area contributed by atoms with Crippen LogP contribution in [-0.2, 0) is 0 Å². The van der Waals surface area contributed by atoms with Gasteiger partial charge in [-0.2, -0.15) is 0 Å². The minimum Gasteiger partial charge on any atom is -0.491 e. The molecule has 0 aliphatic heterocycles. The summed E-state index contributed by atoms with van der Waals surface area (Å²) in [5.74, 6) is 0.542. The molecule has 0 aliphatic carbocycles. The van der Waals surface area contributed by atoms with Gasteiger partial charge in [0.15, 0.2) is 5.69 Å². The van der Waals surface area contributed by atoms with Gasteiger partial charge in [0.25, 0.3) is 5.91 Å². The second-order valence-corrected chi connectivity index (χ2v) is 6.23. The van der Waals surface area contributed by atoms with Gasteiger partial charge in [-0.15, -0.1) is 5.10 Å². The molecule has 0 aliphatic rings. The summed E-state index contributed by atoms with van der Waals surface area (Å²) in [5, 5.41) is 11.2. The topological polar surface area (TPSA) is 69.0 Å². The van der Waals surface area contributed by atoms with Gasteiger partial charge in [0.05, 0.1) is 23.5 Å². The fourth-order valence-corrected chi connectivity index (χ4v) is 2.78. The Hall–Kier alpha value is -2.86. The third-order valence-corrected chi connectivity index (χ3v) is 4.19. The summed E-state index contributed by atoms with van der Waals surface area (Å²) >= 11 is 6.13.